The molecule has 0 bridgehead atoms. The number of hydrogen-bond donors (Lipinski definition) is 2. The largest absolute Gasteiger partial charge is 0.393 e. The molecule has 1 aliphatic rings. The lowest BCUT2D eigenvalue weighted by molar-refractivity contribution is -0.118. The van der Waals surface area contributed by atoms with Gasteiger partial charge in [-0.05, 0) is 56.5 Å². The number of aliphatic hydroxyl groups is 1. The van der Waals surface area contributed by atoms with Crippen LogP contribution in [0.1, 0.15) is 19.8 Å². The van der Waals surface area contributed by atoms with Gasteiger partial charge in [0.2, 0.25) is 5.91 Å². The minimum Gasteiger partial charge on any atom is -0.393 e. The van der Waals surface area contributed by atoms with Crippen LogP contribution < -0.4 is 5.32 Å². The van der Waals surface area contributed by atoms with E-state index in [0.717, 1.165) is 25.9 Å². The smallest absolute Gasteiger partial charge is 0.288 e. The summed E-state index contributed by atoms with van der Waals surface area (Å²) in [6.07, 6.45) is 1.60. The van der Waals surface area contributed by atoms with Crippen LogP contribution in [0.5, 0.6) is 0 Å². The van der Waals surface area contributed by atoms with E-state index < -0.39 is 5.76 Å². The summed E-state index contributed by atoms with van der Waals surface area (Å²) in [5.74, 6) is -2.37. The number of halogens is 2. The lowest BCUT2D eigenvalue weighted by atomic mass is 9.93. The molecule has 1 fully saturated rings. The maximum Gasteiger partial charge on any atom is 0.288 e. The molecule has 0 aliphatic carbocycles. The van der Waals surface area contributed by atoms with Crippen molar-refractivity contribution in [1.29, 1.82) is 0 Å². The molecular weight excluding hydrogens is 322 g/mol. The first-order valence-corrected chi connectivity index (χ1v) is 8.57. The second-order valence-corrected chi connectivity index (χ2v) is 6.89. The SMILES string of the molecule is CC(O)C1CCCN(CC(=O)Nc2ccc(SC(F)F)cc2)C1. The third kappa shape index (κ3) is 6.08. The van der Waals surface area contributed by atoms with Gasteiger partial charge in [0.25, 0.3) is 5.76 Å². The van der Waals surface area contributed by atoms with Crippen LogP contribution in [0.25, 0.3) is 0 Å². The Bertz CT molecular complexity index is 511. The maximum atomic E-state index is 12.2. The van der Waals surface area contributed by atoms with E-state index in [2.05, 4.69) is 5.32 Å². The van der Waals surface area contributed by atoms with E-state index >= 15 is 0 Å². The Hall–Kier alpha value is -1.18. The van der Waals surface area contributed by atoms with Gasteiger partial charge < -0.3 is 10.4 Å². The van der Waals surface area contributed by atoms with Crippen molar-refractivity contribution < 1.29 is 18.7 Å². The lowest BCUT2D eigenvalue weighted by Gasteiger charge is -2.33. The zero-order valence-corrected chi connectivity index (χ0v) is 13.9. The number of amides is 1. The van der Waals surface area contributed by atoms with Crippen molar-refractivity contribution in [2.24, 2.45) is 5.92 Å². The van der Waals surface area contributed by atoms with Crippen LogP contribution in [0, 0.1) is 5.92 Å². The zero-order valence-electron chi connectivity index (χ0n) is 13.0. The third-order valence-corrected chi connectivity index (χ3v) is 4.68. The van der Waals surface area contributed by atoms with E-state index in [9.17, 15) is 18.7 Å². The summed E-state index contributed by atoms with van der Waals surface area (Å²) in [6.45, 7) is 3.62. The molecule has 1 aromatic carbocycles. The van der Waals surface area contributed by atoms with Gasteiger partial charge in [-0.2, -0.15) is 8.78 Å². The highest BCUT2D eigenvalue weighted by Gasteiger charge is 2.24. The predicted molar refractivity (Wildman–Crippen MR) is 87.8 cm³/mol. The van der Waals surface area contributed by atoms with Gasteiger partial charge in [-0.3, -0.25) is 9.69 Å². The number of anilines is 1. The van der Waals surface area contributed by atoms with Gasteiger partial charge in [-0.1, -0.05) is 11.8 Å². The Labute approximate surface area is 139 Å². The minimum absolute atomic E-state index is 0.134. The standard InChI is InChI=1S/C16H22F2N2O2S/c1-11(21)12-3-2-8-20(9-12)10-15(22)19-13-4-6-14(7-5-13)23-16(17)18/h4-7,11-12,16,21H,2-3,8-10H2,1H3,(H,19,22). The average molecular weight is 344 g/mol. The Kier molecular flexibility index (Phi) is 6.80. The van der Waals surface area contributed by atoms with Crippen molar-refractivity contribution >= 4 is 23.4 Å². The number of thioether (sulfide) groups is 1. The van der Waals surface area contributed by atoms with E-state index in [4.69, 9.17) is 0 Å². The molecule has 2 unspecified atom stereocenters. The first kappa shape index (κ1) is 18.2. The van der Waals surface area contributed by atoms with Crippen molar-refractivity contribution in [3.8, 4) is 0 Å². The Balaban J connectivity index is 1.82. The van der Waals surface area contributed by atoms with E-state index in [1.54, 1.807) is 31.2 Å². The average Bonchev–Trinajstić information content (AvgIpc) is 2.49. The van der Waals surface area contributed by atoms with Crippen LogP contribution in [0.2, 0.25) is 0 Å². The first-order valence-electron chi connectivity index (χ1n) is 7.69. The lowest BCUT2D eigenvalue weighted by Crippen LogP contribution is -2.43. The van der Waals surface area contributed by atoms with Gasteiger partial charge in [0.05, 0.1) is 12.6 Å². The van der Waals surface area contributed by atoms with Gasteiger partial charge in [0, 0.05) is 17.1 Å². The number of alkyl halides is 2. The summed E-state index contributed by atoms with van der Waals surface area (Å²) in [7, 11) is 0. The second kappa shape index (κ2) is 8.61. The van der Waals surface area contributed by atoms with Crippen molar-refractivity contribution in [3.63, 3.8) is 0 Å². The number of benzene rings is 1. The molecule has 7 heteroatoms. The molecular formula is C16H22F2N2O2S. The van der Waals surface area contributed by atoms with Crippen LogP contribution in [0.3, 0.4) is 0 Å². The Morgan fingerprint density at radius 3 is 2.74 bits per heavy atom. The number of carbonyl (C=O) groups is 1. The van der Waals surface area contributed by atoms with Crippen LogP contribution in [-0.2, 0) is 4.79 Å². The first-order chi connectivity index (χ1) is 10.9. The van der Waals surface area contributed by atoms with E-state index in [-0.39, 0.29) is 24.5 Å². The van der Waals surface area contributed by atoms with Crippen molar-refractivity contribution in [3.05, 3.63) is 24.3 Å². The van der Waals surface area contributed by atoms with Crippen molar-refractivity contribution in [2.45, 2.75) is 36.5 Å². The molecule has 1 saturated heterocycles. The van der Waals surface area contributed by atoms with Crippen LogP contribution in [0.4, 0.5) is 14.5 Å². The second-order valence-electron chi connectivity index (χ2n) is 5.83. The summed E-state index contributed by atoms with van der Waals surface area (Å²) < 4.78 is 24.5. The number of piperidine rings is 1. The number of aliphatic hydroxyl groups excluding tert-OH is 1. The fourth-order valence-electron chi connectivity index (χ4n) is 2.75. The highest BCUT2D eigenvalue weighted by molar-refractivity contribution is 7.99. The molecule has 2 N–H and O–H groups in total. The quantitative estimate of drug-likeness (QED) is 0.779. The molecule has 2 rings (SSSR count). The predicted octanol–water partition coefficient (Wildman–Crippen LogP) is 3.03. The number of nitrogens with zero attached hydrogens (tertiary/aromatic N) is 1. The summed E-state index contributed by atoms with van der Waals surface area (Å²) >= 11 is 0.479. The topological polar surface area (TPSA) is 52.6 Å². The molecule has 1 amide bonds. The maximum absolute atomic E-state index is 12.2. The Morgan fingerprint density at radius 2 is 2.13 bits per heavy atom. The van der Waals surface area contributed by atoms with Gasteiger partial charge >= 0.3 is 0 Å². The molecule has 0 saturated carbocycles. The van der Waals surface area contributed by atoms with Gasteiger partial charge in [0.1, 0.15) is 0 Å². The van der Waals surface area contributed by atoms with Crippen molar-refractivity contribution in [1.82, 2.24) is 4.90 Å². The molecule has 128 valence electrons. The minimum atomic E-state index is -2.45. The number of carbonyl (C=O) groups excluding carboxylic acids is 1. The van der Waals surface area contributed by atoms with Gasteiger partial charge in [-0.25, -0.2) is 0 Å². The van der Waals surface area contributed by atoms with E-state index in [1.807, 2.05) is 4.90 Å². The van der Waals surface area contributed by atoms with E-state index in [1.165, 1.54) is 0 Å². The number of nitrogens with one attached hydrogen (secondary N) is 1. The molecule has 23 heavy (non-hydrogen) atoms. The van der Waals surface area contributed by atoms with Crippen LogP contribution >= 0.6 is 11.8 Å². The van der Waals surface area contributed by atoms with Crippen molar-refractivity contribution in [2.75, 3.05) is 25.0 Å². The zero-order chi connectivity index (χ0) is 16.8. The van der Waals surface area contributed by atoms with E-state index in [0.29, 0.717) is 22.3 Å². The highest BCUT2D eigenvalue weighted by Crippen LogP contribution is 2.26. The third-order valence-electron chi connectivity index (χ3n) is 3.95. The molecule has 1 heterocycles. The Morgan fingerprint density at radius 1 is 1.43 bits per heavy atom. The van der Waals surface area contributed by atoms with Gasteiger partial charge in [-0.15, -0.1) is 0 Å². The molecule has 1 aliphatic heterocycles. The van der Waals surface area contributed by atoms with Gasteiger partial charge in [0.15, 0.2) is 0 Å². The molecule has 4 nitrogen and oxygen atoms in total. The summed E-state index contributed by atoms with van der Waals surface area (Å²) in [5, 5.41) is 12.4. The summed E-state index contributed by atoms with van der Waals surface area (Å²) in [6, 6.07) is 6.38. The molecule has 0 aromatic heterocycles. The summed E-state index contributed by atoms with van der Waals surface area (Å²) in [5.41, 5.74) is 0.595. The van der Waals surface area contributed by atoms with Crippen LogP contribution in [-0.4, -0.2) is 47.4 Å². The molecule has 0 spiro atoms. The number of likely N-dealkylation sites (tertiary alicyclic amines) is 1. The molecule has 1 aromatic rings. The fourth-order valence-corrected chi connectivity index (χ4v) is 3.25. The fraction of sp³-hybridized carbons (Fsp3) is 0.562. The monoisotopic (exact) mass is 344 g/mol. The highest BCUT2D eigenvalue weighted by atomic mass is 32.2. The normalized spacial score (nSPS) is 20.5. The van der Waals surface area contributed by atoms with Crippen LogP contribution in [0.15, 0.2) is 29.2 Å². The molecule has 0 radical (unpaired) electrons. The molecule has 2 atom stereocenters. The number of rotatable bonds is 6. The number of hydrogen-bond acceptors (Lipinski definition) is 4. The summed E-state index contributed by atoms with van der Waals surface area (Å²) in [4.78, 5) is 14.6.